The minimum atomic E-state index is -4.47. The van der Waals surface area contributed by atoms with Crippen LogP contribution in [-0.4, -0.2) is 31.3 Å². The van der Waals surface area contributed by atoms with Crippen molar-refractivity contribution in [3.8, 4) is 0 Å². The van der Waals surface area contributed by atoms with E-state index in [9.17, 15) is 22.8 Å². The molecule has 0 aliphatic heterocycles. The predicted molar refractivity (Wildman–Crippen MR) is 105 cm³/mol. The molecular formula is C19H14F3N3O4S. The number of thiazole rings is 1. The lowest BCUT2D eigenvalue weighted by Crippen LogP contribution is -2.26. The monoisotopic (exact) mass is 437 g/mol. The lowest BCUT2D eigenvalue weighted by atomic mass is 10.1. The fraction of sp³-hybridized carbons (Fsp3) is 0.158. The third-order valence-electron chi connectivity index (χ3n) is 4.31. The van der Waals surface area contributed by atoms with Gasteiger partial charge in [0.25, 0.3) is 5.56 Å². The Kier molecular flexibility index (Phi) is 5.59. The van der Waals surface area contributed by atoms with Gasteiger partial charge in [0, 0.05) is 5.39 Å². The number of hydrogen-bond donors (Lipinski definition) is 1. The van der Waals surface area contributed by atoms with Crippen LogP contribution in [0.3, 0.4) is 0 Å². The number of hydrogen-bond acceptors (Lipinski definition) is 5. The summed E-state index contributed by atoms with van der Waals surface area (Å²) in [5.74, 6) is -1.09. The third kappa shape index (κ3) is 4.02. The third-order valence-corrected chi connectivity index (χ3v) is 5.33. The van der Waals surface area contributed by atoms with Crippen LogP contribution in [-0.2, 0) is 23.9 Å². The number of carboxylic acids is 1. The Hall–Kier alpha value is -3.31. The molecule has 156 valence electrons. The van der Waals surface area contributed by atoms with Gasteiger partial charge in [0.1, 0.15) is 5.01 Å². The Labute approximate surface area is 170 Å². The van der Waals surface area contributed by atoms with Crippen molar-refractivity contribution in [3.05, 3.63) is 69.1 Å². The number of carbonyl (C=O) groups is 1. The maximum Gasteiger partial charge on any atom is 0.416 e. The van der Waals surface area contributed by atoms with Crippen LogP contribution < -0.4 is 5.56 Å². The first-order chi connectivity index (χ1) is 13.7. The van der Waals surface area contributed by atoms with E-state index in [1.807, 2.05) is 0 Å². The highest BCUT2D eigenvalue weighted by Gasteiger charge is 2.30. The molecule has 4 rings (SSSR count). The zero-order valence-corrected chi connectivity index (χ0v) is 15.9. The van der Waals surface area contributed by atoms with E-state index in [1.54, 1.807) is 24.3 Å². The maximum atomic E-state index is 12.9. The molecule has 0 saturated carbocycles. The molecule has 0 spiro atoms. The van der Waals surface area contributed by atoms with Gasteiger partial charge in [0.15, 0.2) is 0 Å². The largest absolute Gasteiger partial charge is 0.481 e. The number of alkyl halides is 3. The van der Waals surface area contributed by atoms with Gasteiger partial charge in [-0.2, -0.15) is 18.3 Å². The van der Waals surface area contributed by atoms with Gasteiger partial charge in [-0.05, 0) is 24.3 Å². The van der Waals surface area contributed by atoms with E-state index in [0.717, 1.165) is 28.2 Å². The Morgan fingerprint density at radius 1 is 1.13 bits per heavy atom. The molecular weight excluding hydrogens is 423 g/mol. The zero-order valence-electron chi connectivity index (χ0n) is 15.1. The molecule has 0 saturated heterocycles. The minimum Gasteiger partial charge on any atom is -0.481 e. The zero-order chi connectivity index (χ0) is 20.8. The second-order valence-corrected chi connectivity index (χ2v) is 7.43. The molecule has 0 bridgehead atoms. The molecule has 30 heavy (non-hydrogen) atoms. The number of carboxylic acid groups (broad SMARTS) is 1. The summed E-state index contributed by atoms with van der Waals surface area (Å²) in [5.41, 5.74) is -0.816. The molecule has 4 aromatic rings. The van der Waals surface area contributed by atoms with E-state index >= 15 is 0 Å². The molecule has 2 aromatic carbocycles. The number of halogens is 3. The van der Waals surface area contributed by atoms with Crippen molar-refractivity contribution < 1.29 is 28.5 Å². The number of rotatable bonds is 4. The van der Waals surface area contributed by atoms with Crippen LogP contribution in [0, 0.1) is 0 Å². The molecule has 3 N–H and O–H groups in total. The van der Waals surface area contributed by atoms with Gasteiger partial charge in [0.2, 0.25) is 0 Å². The quantitative estimate of drug-likeness (QED) is 0.527. The molecule has 0 radical (unpaired) electrons. The highest BCUT2D eigenvalue weighted by atomic mass is 32.1. The van der Waals surface area contributed by atoms with Gasteiger partial charge in [0.05, 0.1) is 39.8 Å². The lowest BCUT2D eigenvalue weighted by molar-refractivity contribution is -0.138. The van der Waals surface area contributed by atoms with Crippen LogP contribution in [0.15, 0.2) is 47.3 Å². The van der Waals surface area contributed by atoms with E-state index in [2.05, 4.69) is 10.1 Å². The Morgan fingerprint density at radius 2 is 1.83 bits per heavy atom. The van der Waals surface area contributed by atoms with Crippen LogP contribution >= 0.6 is 11.3 Å². The lowest BCUT2D eigenvalue weighted by Gasteiger charge is -2.08. The molecule has 0 aliphatic rings. The summed E-state index contributed by atoms with van der Waals surface area (Å²) in [6.07, 6.45) is -4.84. The summed E-state index contributed by atoms with van der Waals surface area (Å²) in [6, 6.07) is 9.83. The van der Waals surface area contributed by atoms with Crippen LogP contribution in [0.25, 0.3) is 21.0 Å². The second kappa shape index (κ2) is 7.84. The van der Waals surface area contributed by atoms with Crippen LogP contribution in [0.1, 0.15) is 16.3 Å². The van der Waals surface area contributed by atoms with E-state index in [0.29, 0.717) is 20.5 Å². The van der Waals surface area contributed by atoms with E-state index in [4.69, 9.17) is 5.11 Å². The molecule has 2 heterocycles. The van der Waals surface area contributed by atoms with Crippen molar-refractivity contribution in [1.29, 1.82) is 0 Å². The molecule has 0 amide bonds. The topological polar surface area (TPSA) is 117 Å². The average Bonchev–Trinajstić information content (AvgIpc) is 3.06. The molecule has 0 aliphatic carbocycles. The van der Waals surface area contributed by atoms with Gasteiger partial charge < -0.3 is 10.6 Å². The summed E-state index contributed by atoms with van der Waals surface area (Å²) in [5, 5.41) is 14.5. The first kappa shape index (κ1) is 21.4. The SMILES string of the molecule is O.O=C(O)Cc1nn(Cc2nc3cc(C(F)(F)F)ccc3s2)c(=O)c2ccccc12. The predicted octanol–water partition coefficient (Wildman–Crippen LogP) is 2.88. The van der Waals surface area contributed by atoms with Crippen molar-refractivity contribution in [2.75, 3.05) is 0 Å². The highest BCUT2D eigenvalue weighted by molar-refractivity contribution is 7.18. The van der Waals surface area contributed by atoms with Crippen molar-refractivity contribution in [1.82, 2.24) is 14.8 Å². The van der Waals surface area contributed by atoms with E-state index in [-0.39, 0.29) is 29.7 Å². The van der Waals surface area contributed by atoms with Gasteiger partial charge >= 0.3 is 12.1 Å². The maximum absolute atomic E-state index is 12.9. The first-order valence-electron chi connectivity index (χ1n) is 8.39. The Morgan fingerprint density at radius 3 is 2.50 bits per heavy atom. The van der Waals surface area contributed by atoms with Crippen molar-refractivity contribution in [2.45, 2.75) is 19.1 Å². The number of benzene rings is 2. The normalized spacial score (nSPS) is 11.6. The Balaban J connectivity index is 0.00000256. The molecule has 7 nitrogen and oxygen atoms in total. The Bertz CT molecular complexity index is 1310. The summed E-state index contributed by atoms with van der Waals surface area (Å²) in [4.78, 5) is 28.1. The molecule has 2 aromatic heterocycles. The van der Waals surface area contributed by atoms with Crippen molar-refractivity contribution >= 4 is 38.3 Å². The van der Waals surface area contributed by atoms with Crippen LogP contribution in [0.2, 0.25) is 0 Å². The molecule has 0 fully saturated rings. The van der Waals surface area contributed by atoms with Crippen molar-refractivity contribution in [3.63, 3.8) is 0 Å². The molecule has 0 atom stereocenters. The van der Waals surface area contributed by atoms with Gasteiger partial charge in [-0.1, -0.05) is 18.2 Å². The number of nitrogens with zero attached hydrogens (tertiary/aromatic N) is 3. The van der Waals surface area contributed by atoms with Crippen LogP contribution in [0.4, 0.5) is 13.2 Å². The fourth-order valence-electron chi connectivity index (χ4n) is 3.03. The minimum absolute atomic E-state index is 0. The first-order valence-corrected chi connectivity index (χ1v) is 9.21. The van der Waals surface area contributed by atoms with E-state index < -0.39 is 23.3 Å². The molecule has 11 heteroatoms. The second-order valence-electron chi connectivity index (χ2n) is 6.31. The number of aliphatic carboxylic acids is 1. The average molecular weight is 437 g/mol. The standard InChI is InChI=1S/C19H12F3N3O3S.H2O/c20-19(21,22)10-5-6-15-14(7-10)23-16(29-15)9-25-18(28)12-4-2-1-3-11(12)13(24-25)8-17(26)27;/h1-7H,8-9H2,(H,26,27);1H2. The van der Waals surface area contributed by atoms with Gasteiger partial charge in [-0.15, -0.1) is 11.3 Å². The van der Waals surface area contributed by atoms with Gasteiger partial charge in [-0.3, -0.25) is 9.59 Å². The summed E-state index contributed by atoms with van der Waals surface area (Å²) < 4.78 is 40.3. The fourth-order valence-corrected chi connectivity index (χ4v) is 3.96. The number of fused-ring (bicyclic) bond motifs is 2. The van der Waals surface area contributed by atoms with Gasteiger partial charge in [-0.25, -0.2) is 9.67 Å². The highest BCUT2D eigenvalue weighted by Crippen LogP contribution is 2.33. The smallest absolute Gasteiger partial charge is 0.416 e. The van der Waals surface area contributed by atoms with E-state index in [1.165, 1.54) is 6.07 Å². The van der Waals surface area contributed by atoms with Crippen molar-refractivity contribution in [2.24, 2.45) is 0 Å². The number of aromatic nitrogens is 3. The summed E-state index contributed by atoms with van der Waals surface area (Å²) >= 11 is 1.15. The molecule has 0 unspecified atom stereocenters. The summed E-state index contributed by atoms with van der Waals surface area (Å²) in [6.45, 7) is -0.0724. The summed E-state index contributed by atoms with van der Waals surface area (Å²) in [7, 11) is 0. The van der Waals surface area contributed by atoms with Crippen LogP contribution in [0.5, 0.6) is 0 Å².